The number of nitrogens with zero attached hydrogens (tertiary/aromatic N) is 2. The highest BCUT2D eigenvalue weighted by molar-refractivity contribution is 7.88. The van der Waals surface area contributed by atoms with E-state index in [9.17, 15) is 13.2 Å². The van der Waals surface area contributed by atoms with E-state index in [1.165, 1.54) is 11.8 Å². The van der Waals surface area contributed by atoms with E-state index in [1.807, 2.05) is 7.05 Å². The topological polar surface area (TPSA) is 69.7 Å². The van der Waals surface area contributed by atoms with Gasteiger partial charge in [-0.05, 0) is 30.4 Å². The number of rotatable bonds is 7. The molecule has 6 nitrogen and oxygen atoms in total. The number of likely N-dealkylation sites (tertiary alicyclic amines) is 1. The summed E-state index contributed by atoms with van der Waals surface area (Å²) < 4.78 is 25.2. The molecule has 1 heterocycles. The molecule has 1 saturated heterocycles. The van der Waals surface area contributed by atoms with Crippen molar-refractivity contribution in [3.8, 4) is 0 Å². The van der Waals surface area contributed by atoms with Gasteiger partial charge >= 0.3 is 0 Å². The van der Waals surface area contributed by atoms with Crippen molar-refractivity contribution in [2.45, 2.75) is 38.8 Å². The average molecular weight is 368 g/mol. The molecule has 140 valence electrons. The van der Waals surface area contributed by atoms with E-state index in [0.717, 1.165) is 37.9 Å². The van der Waals surface area contributed by atoms with E-state index >= 15 is 0 Å². The lowest BCUT2D eigenvalue weighted by molar-refractivity contribution is -0.131. The summed E-state index contributed by atoms with van der Waals surface area (Å²) in [6, 6.07) is 8.34. The molecule has 1 fully saturated rings. The van der Waals surface area contributed by atoms with Crippen LogP contribution in [-0.2, 0) is 27.8 Å². The second-order valence-corrected chi connectivity index (χ2v) is 8.64. The van der Waals surface area contributed by atoms with Crippen molar-refractivity contribution in [2.24, 2.45) is 0 Å². The van der Waals surface area contributed by atoms with Crippen molar-refractivity contribution in [1.29, 1.82) is 0 Å². The van der Waals surface area contributed by atoms with E-state index in [0.29, 0.717) is 13.1 Å². The van der Waals surface area contributed by atoms with Crippen LogP contribution < -0.4 is 4.72 Å². The third-order valence-corrected chi connectivity index (χ3v) is 5.37. The van der Waals surface area contributed by atoms with Crippen LogP contribution in [0.2, 0.25) is 0 Å². The highest BCUT2D eigenvalue weighted by atomic mass is 32.2. The number of carbonyl (C=O) groups is 1. The number of hydrogen-bond donors (Lipinski definition) is 1. The Kier molecular flexibility index (Phi) is 6.98. The molecule has 0 bridgehead atoms. The number of nitrogens with one attached hydrogen (secondary N) is 1. The average Bonchev–Trinajstić information content (AvgIpc) is 2.56. The lowest BCUT2D eigenvalue weighted by atomic mass is 10.1. The van der Waals surface area contributed by atoms with E-state index in [4.69, 9.17) is 0 Å². The molecule has 0 aliphatic carbocycles. The fourth-order valence-corrected chi connectivity index (χ4v) is 3.91. The molecule has 0 unspecified atom stereocenters. The molecule has 1 N–H and O–H groups in total. The second-order valence-electron chi connectivity index (χ2n) is 6.86. The van der Waals surface area contributed by atoms with Crippen LogP contribution in [0.15, 0.2) is 24.3 Å². The number of benzene rings is 1. The maximum atomic E-state index is 12.4. The zero-order valence-electron chi connectivity index (χ0n) is 15.4. The van der Waals surface area contributed by atoms with Gasteiger partial charge in [-0.25, -0.2) is 13.1 Å². The van der Waals surface area contributed by atoms with Crippen molar-refractivity contribution in [3.63, 3.8) is 0 Å². The number of likely N-dealkylation sites (N-methyl/N-ethyl adjacent to an activating group) is 1. The quantitative estimate of drug-likeness (QED) is 0.787. The zero-order chi connectivity index (χ0) is 18.4. The predicted molar refractivity (Wildman–Crippen MR) is 99.7 cm³/mol. The summed E-state index contributed by atoms with van der Waals surface area (Å²) in [7, 11) is -1.33. The van der Waals surface area contributed by atoms with Crippen molar-refractivity contribution < 1.29 is 13.2 Å². The van der Waals surface area contributed by atoms with Gasteiger partial charge in [-0.15, -0.1) is 0 Å². The van der Waals surface area contributed by atoms with Crippen molar-refractivity contribution in [1.82, 2.24) is 14.5 Å². The minimum absolute atomic E-state index is 0.0174. The summed E-state index contributed by atoms with van der Waals surface area (Å²) in [6.45, 7) is 4.58. The van der Waals surface area contributed by atoms with Gasteiger partial charge in [0.2, 0.25) is 15.9 Å². The largest absolute Gasteiger partial charge is 0.340 e. The Hall–Kier alpha value is -1.44. The first kappa shape index (κ1) is 19.9. The summed E-state index contributed by atoms with van der Waals surface area (Å²) in [5.41, 5.74) is 2.42. The molecule has 0 aromatic heterocycles. The van der Waals surface area contributed by atoms with Gasteiger partial charge in [0.15, 0.2) is 0 Å². The Labute approximate surface area is 151 Å². The summed E-state index contributed by atoms with van der Waals surface area (Å²) in [4.78, 5) is 16.3. The van der Waals surface area contributed by atoms with Gasteiger partial charge < -0.3 is 4.90 Å². The standard InChI is InChI=1S/C18H29N3O3S/c1-4-15-5-7-16(8-6-15)13-20(2)18(22)14-21-11-9-17(10-12-21)19-25(3,23)24/h5-8,17,19H,4,9-14H2,1-3H3. The van der Waals surface area contributed by atoms with Gasteiger partial charge in [0.1, 0.15) is 0 Å². The number of piperidine rings is 1. The van der Waals surface area contributed by atoms with Gasteiger partial charge in [0.05, 0.1) is 12.8 Å². The monoisotopic (exact) mass is 367 g/mol. The predicted octanol–water partition coefficient (Wildman–Crippen LogP) is 1.22. The van der Waals surface area contributed by atoms with Crippen LogP contribution in [0.4, 0.5) is 0 Å². The summed E-state index contributed by atoms with van der Waals surface area (Å²) in [5.74, 6) is 0.0918. The van der Waals surface area contributed by atoms with Crippen molar-refractivity contribution >= 4 is 15.9 Å². The Morgan fingerprint density at radius 2 is 1.76 bits per heavy atom. The van der Waals surface area contributed by atoms with E-state index < -0.39 is 10.0 Å². The summed E-state index contributed by atoms with van der Waals surface area (Å²) in [6.07, 6.45) is 3.68. The van der Waals surface area contributed by atoms with Crippen molar-refractivity contribution in [2.75, 3.05) is 32.9 Å². The Morgan fingerprint density at radius 1 is 1.20 bits per heavy atom. The maximum Gasteiger partial charge on any atom is 0.236 e. The van der Waals surface area contributed by atoms with Gasteiger partial charge in [-0.2, -0.15) is 0 Å². The van der Waals surface area contributed by atoms with Crippen LogP contribution in [0.5, 0.6) is 0 Å². The number of sulfonamides is 1. The van der Waals surface area contributed by atoms with Crippen LogP contribution in [0, 0.1) is 0 Å². The Bertz CT molecular complexity index is 665. The first-order valence-corrected chi connectivity index (χ1v) is 10.7. The summed E-state index contributed by atoms with van der Waals surface area (Å²) in [5, 5.41) is 0. The fraction of sp³-hybridized carbons (Fsp3) is 0.611. The van der Waals surface area contributed by atoms with E-state index in [-0.39, 0.29) is 11.9 Å². The molecule has 1 amide bonds. The molecule has 2 rings (SSSR count). The van der Waals surface area contributed by atoms with Crippen LogP contribution >= 0.6 is 0 Å². The molecule has 0 atom stereocenters. The van der Waals surface area contributed by atoms with E-state index in [2.05, 4.69) is 40.8 Å². The maximum absolute atomic E-state index is 12.4. The fourth-order valence-electron chi connectivity index (χ4n) is 3.07. The highest BCUT2D eigenvalue weighted by Crippen LogP contribution is 2.12. The lowest BCUT2D eigenvalue weighted by Gasteiger charge is -2.32. The third-order valence-electron chi connectivity index (χ3n) is 4.60. The molecule has 1 aliphatic rings. The Morgan fingerprint density at radius 3 is 2.28 bits per heavy atom. The number of amides is 1. The SMILES string of the molecule is CCc1ccc(CN(C)C(=O)CN2CCC(NS(C)(=O)=O)CC2)cc1. The number of aryl methyl sites for hydroxylation is 1. The minimum Gasteiger partial charge on any atom is -0.340 e. The lowest BCUT2D eigenvalue weighted by Crippen LogP contribution is -2.47. The van der Waals surface area contributed by atoms with Crippen molar-refractivity contribution in [3.05, 3.63) is 35.4 Å². The van der Waals surface area contributed by atoms with Gasteiger partial charge in [0, 0.05) is 32.7 Å². The molecular weight excluding hydrogens is 338 g/mol. The van der Waals surface area contributed by atoms with Gasteiger partial charge in [-0.1, -0.05) is 31.2 Å². The Balaban J connectivity index is 1.77. The van der Waals surface area contributed by atoms with Gasteiger partial charge in [0.25, 0.3) is 0 Å². The molecular formula is C18H29N3O3S. The number of carbonyl (C=O) groups excluding carboxylic acids is 1. The molecule has 1 aromatic rings. The molecule has 25 heavy (non-hydrogen) atoms. The van der Waals surface area contributed by atoms with E-state index in [1.54, 1.807) is 4.90 Å². The summed E-state index contributed by atoms with van der Waals surface area (Å²) >= 11 is 0. The molecule has 0 saturated carbocycles. The molecule has 1 aliphatic heterocycles. The van der Waals surface area contributed by atoms with Gasteiger partial charge in [-0.3, -0.25) is 9.69 Å². The first-order valence-electron chi connectivity index (χ1n) is 8.78. The first-order chi connectivity index (χ1) is 11.8. The molecule has 7 heteroatoms. The van der Waals surface area contributed by atoms with Crippen LogP contribution in [0.25, 0.3) is 0 Å². The van der Waals surface area contributed by atoms with Crippen LogP contribution in [0.3, 0.4) is 0 Å². The third kappa shape index (κ3) is 6.76. The number of hydrogen-bond acceptors (Lipinski definition) is 4. The second kappa shape index (κ2) is 8.78. The molecule has 0 radical (unpaired) electrons. The molecule has 1 aromatic carbocycles. The minimum atomic E-state index is -3.16. The zero-order valence-corrected chi connectivity index (χ0v) is 16.2. The highest BCUT2D eigenvalue weighted by Gasteiger charge is 2.23. The normalized spacial score (nSPS) is 16.8. The smallest absolute Gasteiger partial charge is 0.236 e. The van der Waals surface area contributed by atoms with Crippen LogP contribution in [-0.4, -0.2) is 63.1 Å². The van der Waals surface area contributed by atoms with Crippen LogP contribution in [0.1, 0.15) is 30.9 Å². The molecule has 0 spiro atoms.